The van der Waals surface area contributed by atoms with E-state index >= 15 is 0 Å². The smallest absolute Gasteiger partial charge is 0.311 e. The summed E-state index contributed by atoms with van der Waals surface area (Å²) in [4.78, 5) is 12.1. The number of aliphatic hydroxyl groups excluding tert-OH is 1. The molecule has 4 heterocycles. The summed E-state index contributed by atoms with van der Waals surface area (Å²) in [6.07, 6.45) is 6.25. The van der Waals surface area contributed by atoms with E-state index in [0.717, 1.165) is 6.42 Å². The van der Waals surface area contributed by atoms with Crippen molar-refractivity contribution < 1.29 is 19.4 Å². The highest BCUT2D eigenvalue weighted by molar-refractivity contribution is 8.01. The number of aliphatic hydroxyl groups is 1. The van der Waals surface area contributed by atoms with E-state index in [1.165, 1.54) is 0 Å². The van der Waals surface area contributed by atoms with E-state index < -0.39 is 0 Å². The van der Waals surface area contributed by atoms with Gasteiger partial charge in [-0.25, -0.2) is 0 Å². The second-order valence-corrected chi connectivity index (χ2v) is 7.19. The highest BCUT2D eigenvalue weighted by atomic mass is 32.2. The molecule has 4 aliphatic heterocycles. The molecular formula is C14H18O4S. The summed E-state index contributed by atoms with van der Waals surface area (Å²) in [6.45, 7) is 0.383. The van der Waals surface area contributed by atoms with Crippen LogP contribution in [0.2, 0.25) is 0 Å². The Kier molecular flexibility index (Phi) is 2.90. The van der Waals surface area contributed by atoms with E-state index in [1.54, 1.807) is 0 Å². The zero-order chi connectivity index (χ0) is 13.0. The fraction of sp³-hybridized carbons (Fsp3) is 0.786. The molecule has 0 aromatic carbocycles. The van der Waals surface area contributed by atoms with Crippen molar-refractivity contribution in [3.05, 3.63) is 12.2 Å². The number of rotatable bonds is 4. The Morgan fingerprint density at radius 3 is 2.95 bits per heavy atom. The summed E-state index contributed by atoms with van der Waals surface area (Å²) in [5.74, 6) is 0.912. The van der Waals surface area contributed by atoms with Gasteiger partial charge in [0.15, 0.2) is 0 Å². The second kappa shape index (κ2) is 4.50. The summed E-state index contributed by atoms with van der Waals surface area (Å²) < 4.78 is 11.3. The molecule has 3 saturated heterocycles. The fourth-order valence-corrected chi connectivity index (χ4v) is 5.93. The first-order valence-electron chi connectivity index (χ1n) is 7.06. The van der Waals surface area contributed by atoms with E-state index in [0.29, 0.717) is 35.4 Å². The topological polar surface area (TPSA) is 55.8 Å². The van der Waals surface area contributed by atoms with Crippen LogP contribution in [0.5, 0.6) is 0 Å². The summed E-state index contributed by atoms with van der Waals surface area (Å²) in [6, 6.07) is 0. The van der Waals surface area contributed by atoms with E-state index in [1.807, 2.05) is 11.8 Å². The monoisotopic (exact) mass is 282 g/mol. The molecule has 0 aliphatic carbocycles. The van der Waals surface area contributed by atoms with Crippen molar-refractivity contribution in [2.24, 2.45) is 17.8 Å². The maximum Gasteiger partial charge on any atom is 0.311 e. The van der Waals surface area contributed by atoms with Crippen molar-refractivity contribution >= 4 is 17.7 Å². The SMILES string of the molecule is O=C(OCCCO)C1CC2OC1C1C3C=CC(S3)C21. The molecule has 4 nitrogen and oxygen atoms in total. The van der Waals surface area contributed by atoms with Crippen LogP contribution in [0.25, 0.3) is 0 Å². The van der Waals surface area contributed by atoms with Crippen molar-refractivity contribution in [3.63, 3.8) is 0 Å². The van der Waals surface area contributed by atoms with E-state index in [-0.39, 0.29) is 30.7 Å². The van der Waals surface area contributed by atoms with Crippen LogP contribution in [0.1, 0.15) is 12.8 Å². The van der Waals surface area contributed by atoms with E-state index in [4.69, 9.17) is 14.6 Å². The Morgan fingerprint density at radius 2 is 2.16 bits per heavy atom. The molecule has 4 bridgehead atoms. The van der Waals surface area contributed by atoms with E-state index in [9.17, 15) is 4.79 Å². The van der Waals surface area contributed by atoms with Gasteiger partial charge in [-0.15, -0.1) is 11.8 Å². The molecule has 0 radical (unpaired) electrons. The zero-order valence-corrected chi connectivity index (χ0v) is 11.4. The number of ether oxygens (including phenoxy) is 2. The first-order valence-corrected chi connectivity index (χ1v) is 8.00. The van der Waals surface area contributed by atoms with Gasteiger partial charge in [-0.3, -0.25) is 4.79 Å². The molecule has 0 saturated carbocycles. The molecular weight excluding hydrogens is 264 g/mol. The van der Waals surface area contributed by atoms with Crippen molar-refractivity contribution in [3.8, 4) is 0 Å². The summed E-state index contributed by atoms with van der Waals surface area (Å²) >= 11 is 2.03. The van der Waals surface area contributed by atoms with Gasteiger partial charge in [0.2, 0.25) is 0 Å². The van der Waals surface area contributed by atoms with Crippen molar-refractivity contribution in [1.82, 2.24) is 0 Å². The first-order chi connectivity index (χ1) is 9.29. The highest BCUT2D eigenvalue weighted by Crippen LogP contribution is 2.61. The molecule has 0 aromatic rings. The Morgan fingerprint density at radius 1 is 1.37 bits per heavy atom. The molecule has 104 valence electrons. The lowest BCUT2D eigenvalue weighted by molar-refractivity contribution is -0.151. The van der Waals surface area contributed by atoms with Gasteiger partial charge in [0, 0.05) is 35.4 Å². The van der Waals surface area contributed by atoms with Gasteiger partial charge in [-0.2, -0.15) is 0 Å². The van der Waals surface area contributed by atoms with Gasteiger partial charge in [0.05, 0.1) is 24.7 Å². The first kappa shape index (κ1) is 12.2. The lowest BCUT2D eigenvalue weighted by Crippen LogP contribution is -2.41. The van der Waals surface area contributed by atoms with Crippen molar-refractivity contribution in [1.29, 1.82) is 0 Å². The standard InChI is InChI=1S/C14H18O4S/c15-4-1-5-17-14(16)7-6-8-11-9-2-3-10(19-9)12(11)13(7)18-8/h2-3,7-13,15H,1,4-6H2. The van der Waals surface area contributed by atoms with Crippen LogP contribution in [0.3, 0.4) is 0 Å². The summed E-state index contributed by atoms with van der Waals surface area (Å²) in [5, 5.41) is 9.87. The average Bonchev–Trinajstić information content (AvgIpc) is 3.16. The van der Waals surface area contributed by atoms with Crippen LogP contribution in [0, 0.1) is 17.8 Å². The lowest BCUT2D eigenvalue weighted by Gasteiger charge is -2.31. The quantitative estimate of drug-likeness (QED) is 0.473. The molecule has 3 fully saturated rings. The molecule has 4 aliphatic rings. The number of thioether (sulfide) groups is 1. The third-order valence-electron chi connectivity index (χ3n) is 4.88. The van der Waals surface area contributed by atoms with Crippen molar-refractivity contribution in [2.45, 2.75) is 35.5 Å². The number of carbonyl (C=O) groups is 1. The number of carbonyl (C=O) groups excluding carboxylic acids is 1. The lowest BCUT2D eigenvalue weighted by atomic mass is 9.69. The second-order valence-electron chi connectivity index (χ2n) is 5.83. The zero-order valence-electron chi connectivity index (χ0n) is 10.6. The van der Waals surface area contributed by atoms with Gasteiger partial charge in [0.25, 0.3) is 0 Å². The van der Waals surface area contributed by atoms with Crippen LogP contribution in [-0.2, 0) is 14.3 Å². The largest absolute Gasteiger partial charge is 0.465 e. The normalized spacial score (nSPS) is 48.8. The maximum atomic E-state index is 12.1. The van der Waals surface area contributed by atoms with Gasteiger partial charge in [0.1, 0.15) is 0 Å². The van der Waals surface area contributed by atoms with Gasteiger partial charge >= 0.3 is 5.97 Å². The molecule has 7 unspecified atom stereocenters. The minimum atomic E-state index is -0.129. The fourth-order valence-electron chi connectivity index (χ4n) is 4.15. The van der Waals surface area contributed by atoms with E-state index in [2.05, 4.69) is 12.2 Å². The molecule has 0 amide bonds. The molecule has 7 atom stereocenters. The Bertz CT molecular complexity index is 424. The Balaban J connectivity index is 1.45. The molecule has 0 aromatic heterocycles. The third kappa shape index (κ3) is 1.71. The summed E-state index contributed by atoms with van der Waals surface area (Å²) in [7, 11) is 0. The van der Waals surface area contributed by atoms with Crippen LogP contribution in [-0.4, -0.2) is 47.0 Å². The average molecular weight is 282 g/mol. The highest BCUT2D eigenvalue weighted by Gasteiger charge is 2.64. The Labute approximate surface area is 116 Å². The number of hydrogen-bond donors (Lipinski definition) is 1. The Hall–Kier alpha value is -0.520. The molecule has 0 spiro atoms. The summed E-state index contributed by atoms with van der Waals surface area (Å²) in [5.41, 5.74) is 0. The number of fused-ring (bicyclic) bond motifs is 9. The number of esters is 1. The maximum absolute atomic E-state index is 12.1. The van der Waals surface area contributed by atoms with Crippen LogP contribution >= 0.6 is 11.8 Å². The van der Waals surface area contributed by atoms with Crippen LogP contribution < -0.4 is 0 Å². The predicted molar refractivity (Wildman–Crippen MR) is 70.7 cm³/mol. The number of hydrogen-bond acceptors (Lipinski definition) is 5. The third-order valence-corrected chi connectivity index (χ3v) is 6.45. The molecule has 4 rings (SSSR count). The minimum Gasteiger partial charge on any atom is -0.465 e. The van der Waals surface area contributed by atoms with Crippen LogP contribution in [0.4, 0.5) is 0 Å². The predicted octanol–water partition coefficient (Wildman–Crippen LogP) is 0.986. The molecule has 1 N–H and O–H groups in total. The van der Waals surface area contributed by atoms with Gasteiger partial charge < -0.3 is 14.6 Å². The molecule has 19 heavy (non-hydrogen) atoms. The minimum absolute atomic E-state index is 0.0593. The van der Waals surface area contributed by atoms with Gasteiger partial charge in [-0.1, -0.05) is 12.2 Å². The molecule has 5 heteroatoms. The van der Waals surface area contributed by atoms with Crippen LogP contribution in [0.15, 0.2) is 12.2 Å². The van der Waals surface area contributed by atoms with Crippen molar-refractivity contribution in [2.75, 3.05) is 13.2 Å². The van der Waals surface area contributed by atoms with Gasteiger partial charge in [-0.05, 0) is 6.42 Å².